The largest absolute Gasteiger partial charge is 0.390 e. The first-order valence-electron chi connectivity index (χ1n) is 26.2. The molecule has 1 aliphatic rings. The number of carbonyl (C=O) groups excluding carboxylic acids is 1. The van der Waals surface area contributed by atoms with E-state index in [-0.39, 0.29) is 19.1 Å². The van der Waals surface area contributed by atoms with E-state index in [0.29, 0.717) is 12.8 Å². The number of nitrogens with one attached hydrogen (secondary N) is 1. The van der Waals surface area contributed by atoms with Gasteiger partial charge >= 0.3 is 0 Å². The zero-order valence-electron chi connectivity index (χ0n) is 40.1. The average Bonchev–Trinajstić information content (AvgIpc) is 3.25. The maximum atomic E-state index is 13.1. The summed E-state index contributed by atoms with van der Waals surface area (Å²) in [5.74, 6) is -0.230. The summed E-state index contributed by atoms with van der Waals surface area (Å²) in [6, 6.07) is -0.954. The lowest BCUT2D eigenvalue weighted by Crippen LogP contribution is -2.60. The van der Waals surface area contributed by atoms with Crippen molar-refractivity contribution in [2.75, 3.05) is 20.3 Å². The number of unbranched alkanes of at least 4 members (excludes halogenated alkanes) is 33. The quantitative estimate of drug-likeness (QED) is 0.0328. The first-order valence-corrected chi connectivity index (χ1v) is 26.2. The normalized spacial score (nSPS) is 20.8. The van der Waals surface area contributed by atoms with E-state index in [9.17, 15) is 30.3 Å². The van der Waals surface area contributed by atoms with Gasteiger partial charge in [0, 0.05) is 13.5 Å². The second-order valence-corrected chi connectivity index (χ2v) is 18.7. The molecule has 0 radical (unpaired) electrons. The standard InChI is InChI=1S/C51H101NO9/c1-4-6-8-10-12-14-16-18-19-20-21-22-23-24-25-26-27-28-30-32-34-36-38-40-46(54)52-43(41-60-51-50(58)49(57)48(56)45(61-51)42-59-3)47(55)44(53)39-37-35-33-31-29-17-15-13-11-9-7-5-2/h43-45,47-51,53,55-58H,4-42H2,1-3H3,(H,52,54)/t43-,44+,45?,47-,48?,49?,50?,51?/m0/s1. The SMILES string of the molecule is CCCCCCCCCCCCCCCCCCCCCCCCCC(=O)N[C@@H](COC1OC(COC)C(O)C(O)C1O)[C@H](O)[C@H](O)CCCCCCCCCCCCCC. The third kappa shape index (κ3) is 31.6. The molecule has 0 aliphatic carbocycles. The van der Waals surface area contributed by atoms with Crippen molar-refractivity contribution in [3.8, 4) is 0 Å². The highest BCUT2D eigenvalue weighted by atomic mass is 16.7. The van der Waals surface area contributed by atoms with Gasteiger partial charge in [0.1, 0.15) is 30.5 Å². The van der Waals surface area contributed by atoms with Crippen molar-refractivity contribution in [2.45, 2.75) is 300 Å². The van der Waals surface area contributed by atoms with Crippen molar-refractivity contribution in [3.63, 3.8) is 0 Å². The van der Waals surface area contributed by atoms with E-state index < -0.39 is 49.0 Å². The summed E-state index contributed by atoms with van der Waals surface area (Å²) in [5, 5.41) is 56.3. The molecule has 5 unspecified atom stereocenters. The number of hydrogen-bond donors (Lipinski definition) is 6. The molecule has 0 aromatic heterocycles. The van der Waals surface area contributed by atoms with Gasteiger partial charge in [0.15, 0.2) is 6.29 Å². The van der Waals surface area contributed by atoms with Crippen molar-refractivity contribution >= 4 is 5.91 Å². The Morgan fingerprint density at radius 2 is 0.885 bits per heavy atom. The van der Waals surface area contributed by atoms with Crippen LogP contribution < -0.4 is 5.32 Å². The van der Waals surface area contributed by atoms with Gasteiger partial charge in [0.05, 0.1) is 25.4 Å². The smallest absolute Gasteiger partial charge is 0.220 e. The van der Waals surface area contributed by atoms with Crippen LogP contribution in [0.15, 0.2) is 0 Å². The topological polar surface area (TPSA) is 158 Å². The van der Waals surface area contributed by atoms with E-state index in [1.165, 1.54) is 193 Å². The van der Waals surface area contributed by atoms with Gasteiger partial charge in [-0.25, -0.2) is 0 Å². The molecule has 61 heavy (non-hydrogen) atoms. The third-order valence-electron chi connectivity index (χ3n) is 13.0. The maximum absolute atomic E-state index is 13.1. The zero-order valence-corrected chi connectivity index (χ0v) is 40.1. The summed E-state index contributed by atoms with van der Waals surface area (Å²) < 4.78 is 16.6. The van der Waals surface area contributed by atoms with Gasteiger partial charge in [-0.15, -0.1) is 0 Å². The molecular weight excluding hydrogens is 771 g/mol. The summed E-state index contributed by atoms with van der Waals surface area (Å²) in [4.78, 5) is 13.1. The Morgan fingerprint density at radius 3 is 1.26 bits per heavy atom. The van der Waals surface area contributed by atoms with E-state index in [1.54, 1.807) is 0 Å². The van der Waals surface area contributed by atoms with Crippen LogP contribution in [0.1, 0.15) is 251 Å². The highest BCUT2D eigenvalue weighted by molar-refractivity contribution is 5.76. The van der Waals surface area contributed by atoms with Crippen molar-refractivity contribution in [2.24, 2.45) is 0 Å². The molecule has 10 heteroatoms. The molecule has 6 N–H and O–H groups in total. The summed E-state index contributed by atoms with van der Waals surface area (Å²) in [6.07, 6.45) is 36.3. The van der Waals surface area contributed by atoms with Crippen molar-refractivity contribution in [1.82, 2.24) is 5.32 Å². The van der Waals surface area contributed by atoms with Crippen molar-refractivity contribution in [3.05, 3.63) is 0 Å². The van der Waals surface area contributed by atoms with Crippen LogP contribution in [0.25, 0.3) is 0 Å². The van der Waals surface area contributed by atoms with Crippen LogP contribution in [0.2, 0.25) is 0 Å². The molecule has 0 aromatic rings. The first kappa shape index (κ1) is 58.2. The predicted octanol–water partition coefficient (Wildman–Crippen LogP) is 11.1. The Hall–Kier alpha value is -0.850. The molecule has 1 aliphatic heterocycles. The molecule has 0 aromatic carbocycles. The molecule has 1 saturated heterocycles. The second kappa shape index (κ2) is 41.8. The molecule has 1 heterocycles. The fourth-order valence-electron chi connectivity index (χ4n) is 8.76. The molecule has 0 saturated carbocycles. The van der Waals surface area contributed by atoms with Gasteiger partial charge in [-0.1, -0.05) is 232 Å². The Bertz CT molecular complexity index is 944. The monoisotopic (exact) mass is 872 g/mol. The van der Waals surface area contributed by atoms with Gasteiger partial charge < -0.3 is 45.1 Å². The second-order valence-electron chi connectivity index (χ2n) is 18.7. The molecular formula is C51H101NO9. The minimum atomic E-state index is -1.54. The summed E-state index contributed by atoms with van der Waals surface area (Å²) in [6.45, 7) is 4.25. The number of aliphatic hydroxyl groups excluding tert-OH is 5. The van der Waals surface area contributed by atoms with Gasteiger partial charge in [-0.2, -0.15) is 0 Å². The van der Waals surface area contributed by atoms with E-state index in [2.05, 4.69) is 19.2 Å². The molecule has 1 rings (SSSR count). The van der Waals surface area contributed by atoms with Crippen molar-refractivity contribution in [1.29, 1.82) is 0 Å². The fraction of sp³-hybridized carbons (Fsp3) is 0.980. The number of carbonyl (C=O) groups is 1. The van der Waals surface area contributed by atoms with Gasteiger partial charge in [0.2, 0.25) is 5.91 Å². The first-order chi connectivity index (χ1) is 29.8. The molecule has 1 fully saturated rings. The molecule has 10 nitrogen and oxygen atoms in total. The van der Waals surface area contributed by atoms with E-state index in [1.807, 2.05) is 0 Å². The van der Waals surface area contributed by atoms with E-state index in [4.69, 9.17) is 14.2 Å². The maximum Gasteiger partial charge on any atom is 0.220 e. The number of aliphatic hydroxyl groups is 5. The Morgan fingerprint density at radius 1 is 0.525 bits per heavy atom. The summed E-state index contributed by atoms with van der Waals surface area (Å²) in [5.41, 5.74) is 0. The Labute approximate surface area is 375 Å². The lowest BCUT2D eigenvalue weighted by atomic mass is 9.98. The molecule has 1 amide bonds. The van der Waals surface area contributed by atoms with Crippen LogP contribution in [-0.2, 0) is 19.0 Å². The zero-order chi connectivity index (χ0) is 44.6. The molecule has 364 valence electrons. The number of ether oxygens (including phenoxy) is 3. The van der Waals surface area contributed by atoms with Gasteiger partial charge in [-0.3, -0.25) is 4.79 Å². The van der Waals surface area contributed by atoms with Gasteiger partial charge in [-0.05, 0) is 12.8 Å². The Kier molecular flexibility index (Phi) is 39.9. The highest BCUT2D eigenvalue weighted by Crippen LogP contribution is 2.24. The average molecular weight is 872 g/mol. The van der Waals surface area contributed by atoms with Crippen LogP contribution in [-0.4, -0.2) is 101 Å². The number of hydrogen-bond acceptors (Lipinski definition) is 9. The summed E-state index contributed by atoms with van der Waals surface area (Å²) >= 11 is 0. The lowest BCUT2D eigenvalue weighted by Gasteiger charge is -2.40. The minimum absolute atomic E-state index is 0.0229. The van der Waals surface area contributed by atoms with Crippen molar-refractivity contribution < 1.29 is 44.5 Å². The lowest BCUT2D eigenvalue weighted by molar-refractivity contribution is -0.304. The Balaban J connectivity index is 2.30. The predicted molar refractivity (Wildman–Crippen MR) is 251 cm³/mol. The molecule has 0 spiro atoms. The van der Waals surface area contributed by atoms with Crippen LogP contribution in [0.3, 0.4) is 0 Å². The number of amides is 1. The van der Waals surface area contributed by atoms with E-state index in [0.717, 1.165) is 38.5 Å². The van der Waals surface area contributed by atoms with E-state index >= 15 is 0 Å². The highest BCUT2D eigenvalue weighted by Gasteiger charge is 2.45. The third-order valence-corrected chi connectivity index (χ3v) is 13.0. The number of methoxy groups -OCH3 is 1. The fourth-order valence-corrected chi connectivity index (χ4v) is 8.76. The van der Waals surface area contributed by atoms with Crippen LogP contribution in [0.4, 0.5) is 0 Å². The molecule has 8 atom stereocenters. The van der Waals surface area contributed by atoms with Crippen LogP contribution in [0, 0.1) is 0 Å². The summed E-state index contributed by atoms with van der Waals surface area (Å²) in [7, 11) is 1.44. The van der Waals surface area contributed by atoms with Crippen LogP contribution >= 0.6 is 0 Å². The number of rotatable bonds is 45. The minimum Gasteiger partial charge on any atom is -0.390 e. The van der Waals surface area contributed by atoms with Gasteiger partial charge in [0.25, 0.3) is 0 Å². The molecule has 0 bridgehead atoms. The van der Waals surface area contributed by atoms with Crippen LogP contribution in [0.5, 0.6) is 0 Å².